The molecule has 1 aromatic heterocycles. The Labute approximate surface area is 243 Å². The van der Waals surface area contributed by atoms with Crippen LogP contribution in [0.15, 0.2) is 54.7 Å². The van der Waals surface area contributed by atoms with Crippen molar-refractivity contribution in [3.63, 3.8) is 0 Å². The molecule has 0 radical (unpaired) electrons. The van der Waals surface area contributed by atoms with Gasteiger partial charge < -0.3 is 20.0 Å². The van der Waals surface area contributed by atoms with Gasteiger partial charge >= 0.3 is 12.4 Å². The molecule has 0 saturated carbocycles. The summed E-state index contributed by atoms with van der Waals surface area (Å²) in [6, 6.07) is 8.77. The smallest absolute Gasteiger partial charge is 0.394 e. The molecule has 3 aromatic rings. The van der Waals surface area contributed by atoms with E-state index in [1.54, 1.807) is 35.2 Å². The second-order valence-electron chi connectivity index (χ2n) is 10.7. The quantitative estimate of drug-likeness (QED) is 0.318. The van der Waals surface area contributed by atoms with Gasteiger partial charge in [-0.25, -0.2) is 4.98 Å². The first-order chi connectivity index (χ1) is 19.4. The van der Waals surface area contributed by atoms with Crippen LogP contribution in [0.3, 0.4) is 0 Å². The predicted octanol–water partition coefficient (Wildman–Crippen LogP) is 6.31. The minimum Gasteiger partial charge on any atom is -0.394 e. The van der Waals surface area contributed by atoms with E-state index in [4.69, 9.17) is 11.6 Å². The van der Waals surface area contributed by atoms with Gasteiger partial charge in [-0.1, -0.05) is 23.7 Å². The summed E-state index contributed by atoms with van der Waals surface area (Å²) >= 11 is 6.22. The Hall–Kier alpha value is -3.35. The first kappa shape index (κ1) is 31.6. The minimum absolute atomic E-state index is 0.0165. The summed E-state index contributed by atoms with van der Waals surface area (Å²) < 4.78 is 81.3. The summed E-state index contributed by atoms with van der Waals surface area (Å²) in [7, 11) is 1.35. The Morgan fingerprint density at radius 1 is 1.02 bits per heavy atom. The summed E-state index contributed by atoms with van der Waals surface area (Å²) in [5.74, 6) is -0.408. The first-order valence-corrected chi connectivity index (χ1v) is 13.2. The Morgan fingerprint density at radius 3 is 2.17 bits per heavy atom. The van der Waals surface area contributed by atoms with Crippen molar-refractivity contribution in [1.82, 2.24) is 4.98 Å². The van der Waals surface area contributed by atoms with Crippen LogP contribution in [-0.2, 0) is 22.6 Å². The summed E-state index contributed by atoms with van der Waals surface area (Å²) in [6.07, 6.45) is -9.19. The van der Waals surface area contributed by atoms with Gasteiger partial charge in [0.1, 0.15) is 5.82 Å². The van der Waals surface area contributed by atoms with Gasteiger partial charge in [-0.05, 0) is 67.8 Å². The van der Waals surface area contributed by atoms with E-state index in [1.807, 2.05) is 0 Å². The molecule has 1 aliphatic heterocycles. The Bertz CT molecular complexity index is 1450. The Morgan fingerprint density at radius 2 is 1.62 bits per heavy atom. The van der Waals surface area contributed by atoms with Gasteiger partial charge in [0.05, 0.1) is 47.2 Å². The summed E-state index contributed by atoms with van der Waals surface area (Å²) in [5, 5.41) is 20.4. The third-order valence-corrected chi connectivity index (χ3v) is 7.74. The molecule has 2 aromatic carbocycles. The zero-order valence-electron chi connectivity index (χ0n) is 22.8. The van der Waals surface area contributed by atoms with E-state index >= 15 is 0 Å². The number of carbonyl (C=O) groups is 1. The molecule has 226 valence electrons. The number of aliphatic hydroxyl groups excluding tert-OH is 2. The number of pyridine rings is 1. The Kier molecular flexibility index (Phi) is 8.56. The number of halogens is 7. The molecule has 0 spiro atoms. The molecule has 1 aliphatic rings. The second-order valence-corrected chi connectivity index (χ2v) is 11.1. The van der Waals surface area contributed by atoms with Crippen molar-refractivity contribution in [3.05, 3.63) is 76.4 Å². The standard InChI is InChI=1S/C29H28ClF6N3O3/c1-27(2,17-10-18(28(31,32)33)12-19(11-17)29(34,35)36)26(42)38(3)22-14-37-25(39-8-7-24(41)23(39)15-40)13-21(22)16-5-4-6-20(30)9-16/h4-6,9-14,23-24,40-41H,7-8,15H2,1-3H3/t23-,24+/m1/s1. The lowest BCUT2D eigenvalue weighted by Crippen LogP contribution is -2.42. The molecule has 0 aliphatic carbocycles. The molecule has 0 bridgehead atoms. The first-order valence-electron chi connectivity index (χ1n) is 12.8. The van der Waals surface area contributed by atoms with Crippen LogP contribution in [0.1, 0.15) is 37.0 Å². The largest absolute Gasteiger partial charge is 0.416 e. The number of carbonyl (C=O) groups excluding carboxylic acids is 1. The average Bonchev–Trinajstić information content (AvgIpc) is 3.30. The van der Waals surface area contributed by atoms with Crippen LogP contribution in [-0.4, -0.2) is 53.4 Å². The highest BCUT2D eigenvalue weighted by molar-refractivity contribution is 6.30. The lowest BCUT2D eigenvalue weighted by molar-refractivity contribution is -0.143. The number of rotatable bonds is 6. The van der Waals surface area contributed by atoms with Crippen LogP contribution < -0.4 is 9.80 Å². The topological polar surface area (TPSA) is 76.9 Å². The third-order valence-electron chi connectivity index (χ3n) is 7.51. The third kappa shape index (κ3) is 6.20. The molecular weight excluding hydrogens is 588 g/mol. The predicted molar refractivity (Wildman–Crippen MR) is 146 cm³/mol. The number of hydrogen-bond donors (Lipinski definition) is 2. The number of amides is 1. The van der Waals surface area contributed by atoms with Crippen molar-refractivity contribution in [2.75, 3.05) is 30.0 Å². The summed E-state index contributed by atoms with van der Waals surface area (Å²) in [5.41, 5.74) is -4.14. The highest BCUT2D eigenvalue weighted by Crippen LogP contribution is 2.41. The van der Waals surface area contributed by atoms with Crippen LogP contribution >= 0.6 is 11.6 Å². The number of hydrogen-bond acceptors (Lipinski definition) is 5. The van der Waals surface area contributed by atoms with E-state index in [0.29, 0.717) is 47.1 Å². The van der Waals surface area contributed by atoms with Crippen molar-refractivity contribution in [2.45, 2.75) is 50.2 Å². The fraction of sp³-hybridized carbons (Fsp3) is 0.379. The van der Waals surface area contributed by atoms with Crippen LogP contribution in [0, 0.1) is 0 Å². The van der Waals surface area contributed by atoms with Gasteiger partial charge in [-0.2, -0.15) is 26.3 Å². The number of aromatic nitrogens is 1. The molecule has 13 heteroatoms. The zero-order valence-corrected chi connectivity index (χ0v) is 23.5. The average molecular weight is 616 g/mol. The summed E-state index contributed by atoms with van der Waals surface area (Å²) in [6.45, 7) is 2.56. The SMILES string of the molecule is CN(C(=O)C(C)(C)c1cc(C(F)(F)F)cc(C(F)(F)F)c1)c1cnc(N2CC[C@H](O)[C@H]2CO)cc1-c1cccc(Cl)c1. The molecule has 1 amide bonds. The van der Waals surface area contributed by atoms with Crippen LogP contribution in [0.5, 0.6) is 0 Å². The minimum atomic E-state index is -5.07. The molecule has 2 N–H and O–H groups in total. The maximum absolute atomic E-state index is 13.9. The number of benzene rings is 2. The molecule has 1 saturated heterocycles. The number of likely N-dealkylation sites (N-methyl/N-ethyl adjacent to an activating group) is 1. The highest BCUT2D eigenvalue weighted by atomic mass is 35.5. The van der Waals surface area contributed by atoms with Crippen molar-refractivity contribution >= 4 is 29.0 Å². The fourth-order valence-electron chi connectivity index (χ4n) is 5.06. The molecule has 2 atom stereocenters. The van der Waals surface area contributed by atoms with E-state index in [9.17, 15) is 41.4 Å². The number of alkyl halides is 6. The maximum Gasteiger partial charge on any atom is 0.416 e. The van der Waals surface area contributed by atoms with E-state index in [0.717, 1.165) is 4.90 Å². The van der Waals surface area contributed by atoms with Crippen molar-refractivity contribution in [3.8, 4) is 11.1 Å². The molecule has 6 nitrogen and oxygen atoms in total. The molecule has 2 heterocycles. The van der Waals surface area contributed by atoms with E-state index in [2.05, 4.69) is 4.98 Å². The normalized spacial score (nSPS) is 18.0. The van der Waals surface area contributed by atoms with Crippen molar-refractivity contribution < 1.29 is 41.4 Å². The van der Waals surface area contributed by atoms with E-state index in [-0.39, 0.29) is 18.4 Å². The number of anilines is 2. The monoisotopic (exact) mass is 615 g/mol. The fourth-order valence-corrected chi connectivity index (χ4v) is 5.25. The molecule has 4 rings (SSSR count). The van der Waals surface area contributed by atoms with Gasteiger partial charge in [-0.15, -0.1) is 0 Å². The van der Waals surface area contributed by atoms with Gasteiger partial charge in [0.25, 0.3) is 0 Å². The van der Waals surface area contributed by atoms with Crippen LogP contribution in [0.25, 0.3) is 11.1 Å². The Balaban J connectivity index is 1.81. The zero-order chi connectivity index (χ0) is 31.2. The lowest BCUT2D eigenvalue weighted by atomic mass is 9.81. The summed E-state index contributed by atoms with van der Waals surface area (Å²) in [4.78, 5) is 21.1. The van der Waals surface area contributed by atoms with Gasteiger partial charge in [0.2, 0.25) is 5.91 Å². The maximum atomic E-state index is 13.9. The lowest BCUT2D eigenvalue weighted by Gasteiger charge is -2.32. The molecular formula is C29H28ClF6N3O3. The molecule has 42 heavy (non-hydrogen) atoms. The molecule has 0 unspecified atom stereocenters. The van der Waals surface area contributed by atoms with Gasteiger partial charge in [-0.3, -0.25) is 4.79 Å². The van der Waals surface area contributed by atoms with E-state index in [1.165, 1.54) is 27.1 Å². The highest BCUT2D eigenvalue weighted by Gasteiger charge is 2.41. The van der Waals surface area contributed by atoms with Crippen LogP contribution in [0.4, 0.5) is 37.8 Å². The second kappa shape index (κ2) is 11.4. The van der Waals surface area contributed by atoms with Crippen molar-refractivity contribution in [1.29, 1.82) is 0 Å². The van der Waals surface area contributed by atoms with Crippen molar-refractivity contribution in [2.24, 2.45) is 0 Å². The number of aliphatic hydroxyl groups is 2. The van der Waals surface area contributed by atoms with Gasteiger partial charge in [0, 0.05) is 24.2 Å². The van der Waals surface area contributed by atoms with E-state index < -0.39 is 52.5 Å². The molecule has 1 fully saturated rings. The van der Waals surface area contributed by atoms with Gasteiger partial charge in [0.15, 0.2) is 0 Å². The number of nitrogens with zero attached hydrogens (tertiary/aromatic N) is 3. The van der Waals surface area contributed by atoms with Crippen LogP contribution in [0.2, 0.25) is 5.02 Å².